The Morgan fingerprint density at radius 2 is 1.36 bits per heavy atom. The Kier molecular flexibility index (Phi) is 4.84. The third-order valence-electron chi connectivity index (χ3n) is 11.4. The van der Waals surface area contributed by atoms with E-state index >= 15 is 0 Å². The number of hydrogen-bond donors (Lipinski definition) is 0. The minimum Gasteiger partial charge on any atom is -0.334 e. The zero-order valence-corrected chi connectivity index (χ0v) is 26.4. The highest BCUT2D eigenvalue weighted by molar-refractivity contribution is 6.96. The summed E-state index contributed by atoms with van der Waals surface area (Å²) in [6.07, 6.45) is 9.28. The van der Waals surface area contributed by atoms with Crippen LogP contribution in [0, 0.1) is 0 Å². The van der Waals surface area contributed by atoms with Gasteiger partial charge in [0.25, 0.3) is 0 Å². The summed E-state index contributed by atoms with van der Waals surface area (Å²) in [5.41, 5.74) is 17.3. The largest absolute Gasteiger partial charge is 0.334 e. The quantitative estimate of drug-likeness (QED) is 0.184. The number of hydrogen-bond acceptors (Lipinski definition) is 2. The molecule has 6 aromatic rings. The molecule has 11 rings (SSSR count). The minimum atomic E-state index is -0.266. The van der Waals surface area contributed by atoms with Crippen molar-refractivity contribution in [2.75, 3.05) is 9.80 Å². The molecule has 0 amide bonds. The molecule has 1 aromatic heterocycles. The zero-order chi connectivity index (χ0) is 31.0. The van der Waals surface area contributed by atoms with Crippen LogP contribution in [0.25, 0.3) is 22.3 Å². The monoisotopic (exact) mass is 601 g/mol. The Hall–Kier alpha value is -5.48. The van der Waals surface area contributed by atoms with Crippen LogP contribution in [0.15, 0.2) is 151 Å². The summed E-state index contributed by atoms with van der Waals surface area (Å²) >= 11 is 0. The Labute approximate surface area is 275 Å². The van der Waals surface area contributed by atoms with Gasteiger partial charge in [0.2, 0.25) is 6.71 Å². The first kappa shape index (κ1) is 25.7. The second-order valence-electron chi connectivity index (χ2n) is 14.1. The lowest BCUT2D eigenvalue weighted by Crippen LogP contribution is -2.58. The van der Waals surface area contributed by atoms with Gasteiger partial charge in [0.05, 0.1) is 11.6 Å². The van der Waals surface area contributed by atoms with E-state index in [1.165, 1.54) is 78.3 Å². The maximum atomic E-state index is 2.66. The van der Waals surface area contributed by atoms with E-state index in [2.05, 4.69) is 174 Å². The minimum absolute atomic E-state index is 0.140. The number of rotatable bonds is 2. The molecule has 2 unspecified atom stereocenters. The molecule has 4 heteroatoms. The molecule has 0 radical (unpaired) electrons. The zero-order valence-electron chi connectivity index (χ0n) is 26.4. The fourth-order valence-corrected chi connectivity index (χ4v) is 9.77. The summed E-state index contributed by atoms with van der Waals surface area (Å²) in [4.78, 5) is 5.27. The first-order chi connectivity index (χ1) is 23.1. The van der Waals surface area contributed by atoms with Crippen LogP contribution in [0.4, 0.5) is 22.7 Å². The number of aromatic nitrogens is 1. The number of para-hydroxylation sites is 4. The highest BCUT2D eigenvalue weighted by Gasteiger charge is 2.57. The molecule has 0 fully saturated rings. The highest BCUT2D eigenvalue weighted by Crippen LogP contribution is 2.60. The predicted molar refractivity (Wildman–Crippen MR) is 197 cm³/mol. The van der Waals surface area contributed by atoms with Crippen molar-refractivity contribution in [2.24, 2.45) is 0 Å². The van der Waals surface area contributed by atoms with Gasteiger partial charge in [0.15, 0.2) is 0 Å². The summed E-state index contributed by atoms with van der Waals surface area (Å²) in [5.74, 6) is 0.341. The normalized spacial score (nSPS) is 20.3. The van der Waals surface area contributed by atoms with Gasteiger partial charge < -0.3 is 14.4 Å². The molecule has 2 aliphatic carbocycles. The van der Waals surface area contributed by atoms with Crippen molar-refractivity contribution in [3.05, 3.63) is 168 Å². The van der Waals surface area contributed by atoms with E-state index in [-0.39, 0.29) is 18.2 Å². The second-order valence-corrected chi connectivity index (χ2v) is 14.1. The maximum absolute atomic E-state index is 2.66. The van der Waals surface area contributed by atoms with E-state index < -0.39 is 0 Å². The van der Waals surface area contributed by atoms with Crippen molar-refractivity contribution in [1.82, 2.24) is 4.57 Å². The fourth-order valence-electron chi connectivity index (χ4n) is 9.77. The van der Waals surface area contributed by atoms with Crippen molar-refractivity contribution in [2.45, 2.75) is 31.2 Å². The van der Waals surface area contributed by atoms with Crippen molar-refractivity contribution in [3.63, 3.8) is 0 Å². The van der Waals surface area contributed by atoms with Crippen LogP contribution in [0.2, 0.25) is 0 Å². The van der Waals surface area contributed by atoms with Crippen molar-refractivity contribution in [3.8, 4) is 5.69 Å². The third kappa shape index (κ3) is 3.05. The smallest absolute Gasteiger partial charge is 0.248 e. The number of benzene rings is 5. The van der Waals surface area contributed by atoms with E-state index in [0.29, 0.717) is 5.92 Å². The molecule has 5 aliphatic rings. The van der Waals surface area contributed by atoms with Gasteiger partial charge in [0.1, 0.15) is 0 Å². The Morgan fingerprint density at radius 1 is 0.660 bits per heavy atom. The molecular formula is C43H32BN3. The number of fused-ring (bicyclic) bond motifs is 11. The molecule has 3 aliphatic heterocycles. The molecule has 3 nitrogen and oxygen atoms in total. The topological polar surface area (TPSA) is 11.4 Å². The fraction of sp³-hybridized carbons (Fsp3) is 0.116. The van der Waals surface area contributed by atoms with E-state index in [1.54, 1.807) is 0 Å². The molecule has 5 aromatic carbocycles. The summed E-state index contributed by atoms with van der Waals surface area (Å²) in [6.45, 7) is 5.09. The summed E-state index contributed by atoms with van der Waals surface area (Å²) in [6, 6.07) is 45.4. The molecule has 4 heterocycles. The maximum Gasteiger partial charge on any atom is 0.248 e. The molecule has 47 heavy (non-hydrogen) atoms. The van der Waals surface area contributed by atoms with Gasteiger partial charge in [-0.2, -0.15) is 0 Å². The van der Waals surface area contributed by atoms with Crippen LogP contribution in [-0.4, -0.2) is 17.3 Å². The SMILES string of the molecule is CC1(C)C2=C(c3c1n(-c1ccccc1)c1ccccc31)N(c1ccccc1)c1ccc3c4c1B2c1ccccc1N4C1C=CC=CC31. The second kappa shape index (κ2) is 8.86. The van der Waals surface area contributed by atoms with Crippen LogP contribution in [0.5, 0.6) is 0 Å². The number of nitrogens with zero attached hydrogens (tertiary/aromatic N) is 3. The molecule has 2 atom stereocenters. The molecule has 0 N–H and O–H groups in total. The van der Waals surface area contributed by atoms with Gasteiger partial charge in [-0.25, -0.2) is 0 Å². The van der Waals surface area contributed by atoms with Gasteiger partial charge in [-0.15, -0.1) is 0 Å². The Bertz CT molecular complexity index is 2410. The lowest BCUT2D eigenvalue weighted by atomic mass is 9.30. The van der Waals surface area contributed by atoms with Gasteiger partial charge in [-0.3, -0.25) is 0 Å². The van der Waals surface area contributed by atoms with Gasteiger partial charge in [0, 0.05) is 62.1 Å². The lowest BCUT2D eigenvalue weighted by molar-refractivity contribution is 0.627. The third-order valence-corrected chi connectivity index (χ3v) is 11.4. The van der Waals surface area contributed by atoms with Gasteiger partial charge in [-0.1, -0.05) is 122 Å². The summed E-state index contributed by atoms with van der Waals surface area (Å²) in [5, 5.41) is 1.31. The Morgan fingerprint density at radius 3 is 2.19 bits per heavy atom. The van der Waals surface area contributed by atoms with E-state index in [0.717, 1.165) is 0 Å². The van der Waals surface area contributed by atoms with Crippen LogP contribution in [0.1, 0.15) is 36.6 Å². The average molecular weight is 602 g/mol. The number of allylic oxidation sites excluding steroid dienone is 3. The average Bonchev–Trinajstić information content (AvgIpc) is 3.73. The van der Waals surface area contributed by atoms with Crippen LogP contribution < -0.4 is 20.7 Å². The van der Waals surface area contributed by atoms with E-state index in [4.69, 9.17) is 0 Å². The van der Waals surface area contributed by atoms with Gasteiger partial charge >= 0.3 is 0 Å². The van der Waals surface area contributed by atoms with Crippen LogP contribution in [-0.2, 0) is 5.41 Å². The van der Waals surface area contributed by atoms with E-state index in [1.807, 2.05) is 0 Å². The molecule has 222 valence electrons. The molecule has 0 bridgehead atoms. The number of anilines is 4. The summed E-state index contributed by atoms with van der Waals surface area (Å²) < 4.78 is 2.55. The molecule has 0 saturated heterocycles. The van der Waals surface area contributed by atoms with Crippen molar-refractivity contribution >= 4 is 57.0 Å². The van der Waals surface area contributed by atoms with Crippen molar-refractivity contribution < 1.29 is 0 Å². The predicted octanol–water partition coefficient (Wildman–Crippen LogP) is 8.68. The standard InChI is InChI=1S/C43H32BN3/c1-43(2)41-40(37-31-20-10-13-23-34(31)46(42(37)43)28-17-7-4-8-18-28)45(27-15-5-3-6-16-27)36-26-25-30-29-19-9-12-22-33(29)47-35-24-14-11-21-32(35)44(41)38(36)39(30)47/h3-26,29,33H,1-2H3. The first-order valence-corrected chi connectivity index (χ1v) is 16.8. The first-order valence-electron chi connectivity index (χ1n) is 16.8. The molecular weight excluding hydrogens is 569 g/mol. The molecule has 0 spiro atoms. The van der Waals surface area contributed by atoms with Gasteiger partial charge in [-0.05, 0) is 59.0 Å². The Balaban J connectivity index is 1.31. The highest BCUT2D eigenvalue weighted by atomic mass is 15.2. The van der Waals surface area contributed by atoms with Crippen LogP contribution >= 0.6 is 0 Å². The molecule has 0 saturated carbocycles. The van der Waals surface area contributed by atoms with Crippen molar-refractivity contribution in [1.29, 1.82) is 0 Å². The van der Waals surface area contributed by atoms with Crippen LogP contribution in [0.3, 0.4) is 0 Å². The summed E-state index contributed by atoms with van der Waals surface area (Å²) in [7, 11) is 0. The van der Waals surface area contributed by atoms with E-state index in [9.17, 15) is 0 Å². The lowest BCUT2D eigenvalue weighted by Gasteiger charge is -2.45.